The van der Waals surface area contributed by atoms with Gasteiger partial charge in [0.15, 0.2) is 0 Å². The summed E-state index contributed by atoms with van der Waals surface area (Å²) < 4.78 is 1.93. The average Bonchev–Trinajstić information content (AvgIpc) is 3.06. The molecule has 142 valence electrons. The van der Waals surface area contributed by atoms with Crippen molar-refractivity contribution in [1.82, 2.24) is 14.4 Å². The van der Waals surface area contributed by atoms with E-state index >= 15 is 0 Å². The van der Waals surface area contributed by atoms with E-state index in [0.717, 1.165) is 5.56 Å². The number of hydrogen-bond donors (Lipinski definition) is 1. The number of aryl methyl sites for hydroxylation is 1. The zero-order chi connectivity index (χ0) is 19.4. The van der Waals surface area contributed by atoms with Gasteiger partial charge in [-0.05, 0) is 35.9 Å². The van der Waals surface area contributed by atoms with Gasteiger partial charge < -0.3 is 19.7 Å². The smallest absolute Gasteiger partial charge is 0.253 e. The Morgan fingerprint density at radius 2 is 1.59 bits per heavy atom. The van der Waals surface area contributed by atoms with Gasteiger partial charge in [-0.1, -0.05) is 0 Å². The normalized spacial score (nSPS) is 14.1. The van der Waals surface area contributed by atoms with Crippen LogP contribution in [0.3, 0.4) is 0 Å². The zero-order valence-corrected chi connectivity index (χ0v) is 15.6. The van der Waals surface area contributed by atoms with Crippen molar-refractivity contribution in [1.29, 1.82) is 0 Å². The molecule has 2 aromatic rings. The third-order valence-electron chi connectivity index (χ3n) is 4.62. The first-order valence-electron chi connectivity index (χ1n) is 8.98. The number of amides is 3. The van der Waals surface area contributed by atoms with E-state index in [2.05, 4.69) is 5.32 Å². The molecule has 1 N–H and O–H groups in total. The number of benzene rings is 1. The molecule has 7 nitrogen and oxygen atoms in total. The number of aromatic nitrogens is 1. The summed E-state index contributed by atoms with van der Waals surface area (Å²) in [6.45, 7) is 3.57. The molecule has 0 saturated carbocycles. The van der Waals surface area contributed by atoms with E-state index in [4.69, 9.17) is 0 Å². The summed E-state index contributed by atoms with van der Waals surface area (Å²) >= 11 is 0. The fourth-order valence-corrected chi connectivity index (χ4v) is 3.19. The van der Waals surface area contributed by atoms with Gasteiger partial charge in [-0.25, -0.2) is 0 Å². The Balaban J connectivity index is 1.52. The standard InChI is InChI=1S/C20H24N4O3/c1-15(25)21-18-5-3-17(4-6-18)20(27)24-11-9-23(10-12-24)19(26)13-16-7-8-22(2)14-16/h3-8,14H,9-13H2,1-2H3,(H,21,25). The lowest BCUT2D eigenvalue weighted by Gasteiger charge is -2.35. The van der Waals surface area contributed by atoms with Gasteiger partial charge in [0.1, 0.15) is 0 Å². The summed E-state index contributed by atoms with van der Waals surface area (Å²) in [5, 5.41) is 2.68. The minimum Gasteiger partial charge on any atom is -0.357 e. The minimum absolute atomic E-state index is 0.0560. The maximum absolute atomic E-state index is 12.6. The van der Waals surface area contributed by atoms with Gasteiger partial charge in [-0.15, -0.1) is 0 Å². The Bertz CT molecular complexity index is 833. The Hall–Kier alpha value is -3.09. The molecule has 3 amide bonds. The van der Waals surface area contributed by atoms with Crippen molar-refractivity contribution in [2.45, 2.75) is 13.3 Å². The molecular formula is C20H24N4O3. The molecule has 2 heterocycles. The first kappa shape index (κ1) is 18.7. The molecule has 1 aromatic carbocycles. The van der Waals surface area contributed by atoms with Crippen molar-refractivity contribution < 1.29 is 14.4 Å². The Morgan fingerprint density at radius 3 is 2.15 bits per heavy atom. The second-order valence-electron chi connectivity index (χ2n) is 6.79. The summed E-state index contributed by atoms with van der Waals surface area (Å²) in [6, 6.07) is 8.80. The molecule has 1 aromatic heterocycles. The van der Waals surface area contributed by atoms with Crippen molar-refractivity contribution in [2.75, 3.05) is 31.5 Å². The molecule has 0 aliphatic carbocycles. The quantitative estimate of drug-likeness (QED) is 0.889. The lowest BCUT2D eigenvalue weighted by Crippen LogP contribution is -2.51. The summed E-state index contributed by atoms with van der Waals surface area (Å²) in [7, 11) is 1.93. The number of anilines is 1. The van der Waals surface area contributed by atoms with Crippen LogP contribution in [-0.2, 0) is 23.1 Å². The predicted molar refractivity (Wildman–Crippen MR) is 102 cm³/mol. The van der Waals surface area contributed by atoms with Gasteiger partial charge in [0.05, 0.1) is 6.42 Å². The molecule has 7 heteroatoms. The molecule has 0 spiro atoms. The predicted octanol–water partition coefficient (Wildman–Crippen LogP) is 1.51. The van der Waals surface area contributed by atoms with Gasteiger partial charge in [0, 0.05) is 63.8 Å². The van der Waals surface area contributed by atoms with E-state index in [-0.39, 0.29) is 17.7 Å². The SMILES string of the molecule is CC(=O)Nc1ccc(C(=O)N2CCN(C(=O)Cc3ccn(C)c3)CC2)cc1. The van der Waals surface area contributed by atoms with Crippen LogP contribution in [0.5, 0.6) is 0 Å². The van der Waals surface area contributed by atoms with E-state index in [1.807, 2.05) is 35.0 Å². The van der Waals surface area contributed by atoms with Gasteiger partial charge in [0.25, 0.3) is 5.91 Å². The molecule has 1 fully saturated rings. The fraction of sp³-hybridized carbons (Fsp3) is 0.350. The Morgan fingerprint density at radius 1 is 0.963 bits per heavy atom. The van der Waals surface area contributed by atoms with Crippen molar-refractivity contribution in [3.8, 4) is 0 Å². The minimum atomic E-state index is -0.148. The van der Waals surface area contributed by atoms with Crippen LogP contribution in [0.15, 0.2) is 42.7 Å². The highest BCUT2D eigenvalue weighted by Crippen LogP contribution is 2.14. The van der Waals surface area contributed by atoms with Gasteiger partial charge in [-0.3, -0.25) is 14.4 Å². The maximum atomic E-state index is 12.6. The van der Waals surface area contributed by atoms with Crippen LogP contribution in [0, 0.1) is 0 Å². The second-order valence-corrected chi connectivity index (χ2v) is 6.79. The number of hydrogen-bond acceptors (Lipinski definition) is 3. The zero-order valence-electron chi connectivity index (χ0n) is 15.6. The van der Waals surface area contributed by atoms with Crippen molar-refractivity contribution in [2.24, 2.45) is 7.05 Å². The van der Waals surface area contributed by atoms with E-state index in [9.17, 15) is 14.4 Å². The highest BCUT2D eigenvalue weighted by Gasteiger charge is 2.25. The van der Waals surface area contributed by atoms with E-state index < -0.39 is 0 Å². The second kappa shape index (κ2) is 8.07. The van der Waals surface area contributed by atoms with Crippen molar-refractivity contribution >= 4 is 23.4 Å². The lowest BCUT2D eigenvalue weighted by atomic mass is 10.1. The third-order valence-corrected chi connectivity index (χ3v) is 4.62. The molecule has 0 radical (unpaired) electrons. The van der Waals surface area contributed by atoms with Gasteiger partial charge >= 0.3 is 0 Å². The molecular weight excluding hydrogens is 344 g/mol. The van der Waals surface area contributed by atoms with Crippen molar-refractivity contribution in [3.63, 3.8) is 0 Å². The van der Waals surface area contributed by atoms with E-state index in [1.54, 1.807) is 29.2 Å². The number of nitrogens with zero attached hydrogens (tertiary/aromatic N) is 3. The summed E-state index contributed by atoms with van der Waals surface area (Å²) in [5.41, 5.74) is 2.24. The number of rotatable bonds is 4. The fourth-order valence-electron chi connectivity index (χ4n) is 3.19. The number of carbonyl (C=O) groups is 3. The van der Waals surface area contributed by atoms with Crippen LogP contribution in [0.1, 0.15) is 22.8 Å². The van der Waals surface area contributed by atoms with Crippen LogP contribution in [0.25, 0.3) is 0 Å². The lowest BCUT2D eigenvalue weighted by molar-refractivity contribution is -0.131. The van der Waals surface area contributed by atoms with Crippen LogP contribution in [-0.4, -0.2) is 58.3 Å². The van der Waals surface area contributed by atoms with E-state index in [1.165, 1.54) is 6.92 Å². The number of carbonyl (C=O) groups excluding carboxylic acids is 3. The Kier molecular flexibility index (Phi) is 5.59. The van der Waals surface area contributed by atoms with Crippen LogP contribution in [0.2, 0.25) is 0 Å². The van der Waals surface area contributed by atoms with E-state index in [0.29, 0.717) is 43.9 Å². The first-order chi connectivity index (χ1) is 12.9. The maximum Gasteiger partial charge on any atom is 0.253 e. The monoisotopic (exact) mass is 368 g/mol. The molecule has 1 saturated heterocycles. The summed E-state index contributed by atoms with van der Waals surface area (Å²) in [6.07, 6.45) is 4.26. The average molecular weight is 368 g/mol. The first-order valence-corrected chi connectivity index (χ1v) is 8.98. The Labute approximate surface area is 158 Å². The summed E-state index contributed by atoms with van der Waals surface area (Å²) in [4.78, 5) is 39.7. The highest BCUT2D eigenvalue weighted by atomic mass is 16.2. The molecule has 0 atom stereocenters. The third kappa shape index (κ3) is 4.75. The van der Waals surface area contributed by atoms with Crippen LogP contribution in [0.4, 0.5) is 5.69 Å². The molecule has 1 aliphatic rings. The summed E-state index contributed by atoms with van der Waals surface area (Å²) in [5.74, 6) is -0.113. The number of piperazine rings is 1. The van der Waals surface area contributed by atoms with Gasteiger partial charge in [0.2, 0.25) is 11.8 Å². The van der Waals surface area contributed by atoms with Crippen LogP contribution >= 0.6 is 0 Å². The molecule has 1 aliphatic heterocycles. The highest BCUT2D eigenvalue weighted by molar-refractivity contribution is 5.95. The molecule has 0 bridgehead atoms. The molecule has 27 heavy (non-hydrogen) atoms. The topological polar surface area (TPSA) is 74.7 Å². The number of nitrogens with one attached hydrogen (secondary N) is 1. The van der Waals surface area contributed by atoms with Gasteiger partial charge in [-0.2, -0.15) is 0 Å². The van der Waals surface area contributed by atoms with Crippen molar-refractivity contribution in [3.05, 3.63) is 53.9 Å². The molecule has 3 rings (SSSR count). The largest absolute Gasteiger partial charge is 0.357 e. The van der Waals surface area contributed by atoms with Crippen LogP contribution < -0.4 is 5.32 Å². The molecule has 0 unspecified atom stereocenters.